The van der Waals surface area contributed by atoms with Crippen molar-refractivity contribution in [1.82, 2.24) is 19.4 Å². The molecule has 34 heavy (non-hydrogen) atoms. The number of hydrogen-bond acceptors (Lipinski definition) is 5. The van der Waals surface area contributed by atoms with Crippen LogP contribution in [-0.4, -0.2) is 66.0 Å². The first-order chi connectivity index (χ1) is 16.5. The van der Waals surface area contributed by atoms with Crippen molar-refractivity contribution in [2.75, 3.05) is 50.8 Å². The molecule has 1 aromatic heterocycles. The molecule has 0 radical (unpaired) electrons. The molecule has 8 nitrogen and oxygen atoms in total. The standard InChI is InChI=1S/C26H35N5O3/c1-4-27-25(32)34-19-18-31-24-10-6-5-9-23(24)30(26(31)33)17-14-28-12-15-29(16-13-28)22-11-7-8-20(2)21(22)3/h5-11H,4,12-19H2,1-3H3,(H,27,32). The number of nitrogens with zero attached hydrogens (tertiary/aromatic N) is 4. The summed E-state index contributed by atoms with van der Waals surface area (Å²) in [4.78, 5) is 29.7. The van der Waals surface area contributed by atoms with Crippen molar-refractivity contribution in [3.05, 3.63) is 64.1 Å². The minimum Gasteiger partial charge on any atom is -0.448 e. The van der Waals surface area contributed by atoms with Gasteiger partial charge in [-0.15, -0.1) is 0 Å². The van der Waals surface area contributed by atoms with E-state index < -0.39 is 6.09 Å². The number of carbonyl (C=O) groups excluding carboxylic acids is 1. The van der Waals surface area contributed by atoms with E-state index in [0.29, 0.717) is 19.6 Å². The Labute approximate surface area is 200 Å². The Hall–Kier alpha value is -3.26. The zero-order valence-electron chi connectivity index (χ0n) is 20.4. The van der Waals surface area contributed by atoms with Crippen LogP contribution < -0.4 is 15.9 Å². The van der Waals surface area contributed by atoms with Gasteiger partial charge in [0.05, 0.1) is 17.6 Å². The molecule has 0 atom stereocenters. The quantitative estimate of drug-likeness (QED) is 0.554. The topological polar surface area (TPSA) is 71.7 Å². The summed E-state index contributed by atoms with van der Waals surface area (Å²) in [5.74, 6) is 0. The molecule has 1 N–H and O–H groups in total. The molecular weight excluding hydrogens is 430 g/mol. The number of para-hydroxylation sites is 2. The van der Waals surface area contributed by atoms with E-state index in [9.17, 15) is 9.59 Å². The van der Waals surface area contributed by atoms with Crippen molar-refractivity contribution in [2.45, 2.75) is 33.9 Å². The lowest BCUT2D eigenvalue weighted by atomic mass is 10.1. The number of fused-ring (bicyclic) bond motifs is 1. The van der Waals surface area contributed by atoms with Crippen LogP contribution in [0.2, 0.25) is 0 Å². The Morgan fingerprint density at radius 3 is 2.26 bits per heavy atom. The fraction of sp³-hybridized carbons (Fsp3) is 0.462. The molecule has 0 saturated carbocycles. The third kappa shape index (κ3) is 5.12. The average Bonchev–Trinajstić information content (AvgIpc) is 3.11. The largest absolute Gasteiger partial charge is 0.448 e. The third-order valence-electron chi connectivity index (χ3n) is 6.72. The fourth-order valence-corrected chi connectivity index (χ4v) is 4.66. The number of ether oxygens (including phenoxy) is 1. The summed E-state index contributed by atoms with van der Waals surface area (Å²) in [5.41, 5.74) is 5.73. The number of anilines is 1. The zero-order valence-corrected chi connectivity index (χ0v) is 20.4. The van der Waals surface area contributed by atoms with Crippen LogP contribution in [-0.2, 0) is 17.8 Å². The van der Waals surface area contributed by atoms with Gasteiger partial charge < -0.3 is 15.0 Å². The Balaban J connectivity index is 1.39. The van der Waals surface area contributed by atoms with Gasteiger partial charge in [-0.2, -0.15) is 0 Å². The lowest BCUT2D eigenvalue weighted by molar-refractivity contribution is 0.142. The highest BCUT2D eigenvalue weighted by Gasteiger charge is 2.20. The van der Waals surface area contributed by atoms with Gasteiger partial charge in [0.2, 0.25) is 0 Å². The van der Waals surface area contributed by atoms with E-state index in [4.69, 9.17) is 4.74 Å². The minimum atomic E-state index is -0.459. The number of piperazine rings is 1. The number of carbonyl (C=O) groups is 1. The molecule has 1 amide bonds. The average molecular weight is 466 g/mol. The van der Waals surface area contributed by atoms with Crippen LogP contribution in [0.5, 0.6) is 0 Å². The van der Waals surface area contributed by atoms with Crippen LogP contribution in [0, 0.1) is 13.8 Å². The van der Waals surface area contributed by atoms with Gasteiger partial charge >= 0.3 is 11.8 Å². The van der Waals surface area contributed by atoms with Crippen molar-refractivity contribution in [1.29, 1.82) is 0 Å². The normalized spacial score (nSPS) is 14.5. The maximum atomic E-state index is 13.2. The van der Waals surface area contributed by atoms with Crippen molar-refractivity contribution in [3.63, 3.8) is 0 Å². The predicted octanol–water partition coefficient (Wildman–Crippen LogP) is 2.99. The molecule has 0 spiro atoms. The van der Waals surface area contributed by atoms with Crippen LogP contribution in [0.25, 0.3) is 11.0 Å². The van der Waals surface area contributed by atoms with Crippen LogP contribution in [0.4, 0.5) is 10.5 Å². The number of amides is 1. The van der Waals surface area contributed by atoms with E-state index in [0.717, 1.165) is 43.8 Å². The number of alkyl carbamates (subject to hydrolysis) is 1. The predicted molar refractivity (Wildman–Crippen MR) is 136 cm³/mol. The van der Waals surface area contributed by atoms with Gasteiger partial charge in [-0.3, -0.25) is 14.0 Å². The number of benzene rings is 2. The van der Waals surface area contributed by atoms with Gasteiger partial charge in [-0.05, 0) is 50.1 Å². The van der Waals surface area contributed by atoms with E-state index in [-0.39, 0.29) is 12.3 Å². The van der Waals surface area contributed by atoms with Crippen LogP contribution >= 0.6 is 0 Å². The highest BCUT2D eigenvalue weighted by molar-refractivity contribution is 5.76. The van der Waals surface area contributed by atoms with E-state index in [1.807, 2.05) is 35.8 Å². The smallest absolute Gasteiger partial charge is 0.407 e. The molecule has 2 aromatic carbocycles. The molecule has 0 unspecified atom stereocenters. The Kier molecular flexibility index (Phi) is 7.57. The SMILES string of the molecule is CCNC(=O)OCCn1c(=O)n(CCN2CCN(c3cccc(C)c3C)CC2)c2ccccc21. The van der Waals surface area contributed by atoms with Gasteiger partial charge in [-0.1, -0.05) is 24.3 Å². The first-order valence-corrected chi connectivity index (χ1v) is 12.1. The first-order valence-electron chi connectivity index (χ1n) is 12.1. The van der Waals surface area contributed by atoms with Crippen molar-refractivity contribution < 1.29 is 9.53 Å². The van der Waals surface area contributed by atoms with Gasteiger partial charge in [0.15, 0.2) is 0 Å². The Morgan fingerprint density at radius 2 is 1.59 bits per heavy atom. The summed E-state index contributed by atoms with van der Waals surface area (Å²) in [6.07, 6.45) is -0.459. The number of aromatic nitrogens is 2. The van der Waals surface area contributed by atoms with Gasteiger partial charge in [0.25, 0.3) is 0 Å². The Bertz CT molecular complexity index is 1190. The molecular formula is C26H35N5O3. The van der Waals surface area contributed by atoms with Crippen molar-refractivity contribution in [3.8, 4) is 0 Å². The highest BCUT2D eigenvalue weighted by Crippen LogP contribution is 2.24. The summed E-state index contributed by atoms with van der Waals surface area (Å²) in [6.45, 7) is 12.6. The summed E-state index contributed by atoms with van der Waals surface area (Å²) in [5, 5.41) is 2.60. The third-order valence-corrected chi connectivity index (χ3v) is 6.72. The lowest BCUT2D eigenvalue weighted by Gasteiger charge is -2.37. The molecule has 182 valence electrons. The van der Waals surface area contributed by atoms with Gasteiger partial charge in [0, 0.05) is 51.5 Å². The van der Waals surface area contributed by atoms with Gasteiger partial charge in [0.1, 0.15) is 6.61 Å². The maximum absolute atomic E-state index is 13.2. The second-order valence-corrected chi connectivity index (χ2v) is 8.79. The first kappa shape index (κ1) is 23.9. The number of hydrogen-bond donors (Lipinski definition) is 1. The van der Waals surface area contributed by atoms with Crippen LogP contribution in [0.3, 0.4) is 0 Å². The van der Waals surface area contributed by atoms with Gasteiger partial charge in [-0.25, -0.2) is 9.59 Å². The minimum absolute atomic E-state index is 0.0604. The molecule has 1 saturated heterocycles. The number of aryl methyl sites for hydroxylation is 1. The summed E-state index contributed by atoms with van der Waals surface area (Å²) >= 11 is 0. The lowest BCUT2D eigenvalue weighted by Crippen LogP contribution is -2.47. The summed E-state index contributed by atoms with van der Waals surface area (Å²) in [6, 6.07) is 14.3. The monoisotopic (exact) mass is 465 g/mol. The van der Waals surface area contributed by atoms with E-state index in [1.54, 1.807) is 4.57 Å². The highest BCUT2D eigenvalue weighted by atomic mass is 16.5. The molecule has 8 heteroatoms. The summed E-state index contributed by atoms with van der Waals surface area (Å²) in [7, 11) is 0. The second kappa shape index (κ2) is 10.8. The molecule has 0 bridgehead atoms. The van der Waals surface area contributed by atoms with E-state index >= 15 is 0 Å². The molecule has 1 fully saturated rings. The maximum Gasteiger partial charge on any atom is 0.407 e. The molecule has 3 aromatic rings. The molecule has 1 aliphatic heterocycles. The van der Waals surface area contributed by atoms with Crippen LogP contribution in [0.1, 0.15) is 18.1 Å². The summed E-state index contributed by atoms with van der Waals surface area (Å²) < 4.78 is 8.73. The number of imidazole rings is 1. The van der Waals surface area contributed by atoms with Crippen molar-refractivity contribution in [2.24, 2.45) is 0 Å². The molecule has 0 aliphatic carbocycles. The second-order valence-electron chi connectivity index (χ2n) is 8.79. The van der Waals surface area contributed by atoms with E-state index in [1.165, 1.54) is 16.8 Å². The fourth-order valence-electron chi connectivity index (χ4n) is 4.66. The van der Waals surface area contributed by atoms with Crippen LogP contribution in [0.15, 0.2) is 47.3 Å². The number of nitrogens with one attached hydrogen (secondary N) is 1. The van der Waals surface area contributed by atoms with Crippen molar-refractivity contribution >= 4 is 22.8 Å². The Morgan fingerprint density at radius 1 is 0.912 bits per heavy atom. The zero-order chi connectivity index (χ0) is 24.1. The molecule has 1 aliphatic rings. The molecule has 2 heterocycles. The number of rotatable bonds is 8. The molecule has 4 rings (SSSR count). The van der Waals surface area contributed by atoms with E-state index in [2.05, 4.69) is 47.2 Å².